The number of aromatic nitrogens is 3. The number of carboxylic acid groups (broad SMARTS) is 1. The summed E-state index contributed by atoms with van der Waals surface area (Å²) in [7, 11) is 0. The van der Waals surface area contributed by atoms with E-state index < -0.39 is 12.0 Å². The first-order chi connectivity index (χ1) is 8.70. The Labute approximate surface area is 104 Å². The number of benzene rings is 1. The van der Waals surface area contributed by atoms with Crippen LogP contribution in [0.2, 0.25) is 0 Å². The molecule has 6 heteroatoms. The number of rotatable bonds is 5. The zero-order chi connectivity index (χ0) is 13.0. The Hall–Kier alpha value is -2.37. The number of nitrogens with one attached hydrogen (secondary N) is 1. The van der Waals surface area contributed by atoms with Crippen molar-refractivity contribution in [2.24, 2.45) is 0 Å². The number of hydrogen-bond acceptors (Lipinski definition) is 4. The van der Waals surface area contributed by atoms with Gasteiger partial charge in [-0.05, 0) is 24.6 Å². The molecule has 0 amide bonds. The fraction of sp³-hybridized carbons (Fsp3) is 0.250. The molecule has 2 rings (SSSR count). The van der Waals surface area contributed by atoms with Gasteiger partial charge in [0.05, 0.1) is 5.69 Å². The summed E-state index contributed by atoms with van der Waals surface area (Å²) < 4.78 is 1.76. The molecule has 1 unspecified atom stereocenters. The van der Waals surface area contributed by atoms with Crippen LogP contribution in [-0.4, -0.2) is 31.9 Å². The average Bonchev–Trinajstić information content (AvgIpc) is 2.90. The molecule has 94 valence electrons. The van der Waals surface area contributed by atoms with Gasteiger partial charge >= 0.3 is 5.97 Å². The highest BCUT2D eigenvalue weighted by Crippen LogP contribution is 2.15. The third-order valence-corrected chi connectivity index (χ3v) is 2.61. The molecule has 6 nitrogen and oxygen atoms in total. The number of hydrogen-bond donors (Lipinski definition) is 2. The maximum Gasteiger partial charge on any atom is 0.326 e. The summed E-state index contributed by atoms with van der Waals surface area (Å²) in [6.07, 6.45) is 3.70. The highest BCUT2D eigenvalue weighted by atomic mass is 16.4. The summed E-state index contributed by atoms with van der Waals surface area (Å²) in [6.45, 7) is 1.83. The monoisotopic (exact) mass is 246 g/mol. The van der Waals surface area contributed by atoms with Crippen LogP contribution in [0.15, 0.2) is 36.9 Å². The molecule has 1 aromatic carbocycles. The van der Waals surface area contributed by atoms with E-state index in [1.54, 1.807) is 17.2 Å². The first kappa shape index (κ1) is 12.1. The van der Waals surface area contributed by atoms with Crippen LogP contribution in [0.25, 0.3) is 5.69 Å². The lowest BCUT2D eigenvalue weighted by atomic mass is 10.2. The molecule has 0 bridgehead atoms. The van der Waals surface area contributed by atoms with Gasteiger partial charge in [0.25, 0.3) is 0 Å². The number of nitrogens with zero attached hydrogens (tertiary/aromatic N) is 3. The molecule has 2 N–H and O–H groups in total. The van der Waals surface area contributed by atoms with E-state index in [-0.39, 0.29) is 0 Å². The number of carboxylic acids is 1. The molecule has 1 aromatic heterocycles. The molecular weight excluding hydrogens is 232 g/mol. The Morgan fingerprint density at radius 2 is 2.17 bits per heavy atom. The SMILES string of the molecule is CCC(Nc1cccc(-n2cnnc2)c1)C(=O)O. The summed E-state index contributed by atoms with van der Waals surface area (Å²) in [4.78, 5) is 11.0. The highest BCUT2D eigenvalue weighted by molar-refractivity contribution is 5.77. The van der Waals surface area contributed by atoms with Crippen LogP contribution in [0.3, 0.4) is 0 Å². The van der Waals surface area contributed by atoms with Crippen LogP contribution in [0, 0.1) is 0 Å². The summed E-state index contributed by atoms with van der Waals surface area (Å²) in [5.41, 5.74) is 1.64. The van der Waals surface area contributed by atoms with Crippen LogP contribution < -0.4 is 5.32 Å². The van der Waals surface area contributed by atoms with E-state index in [2.05, 4.69) is 15.5 Å². The average molecular weight is 246 g/mol. The van der Waals surface area contributed by atoms with Gasteiger partial charge in [0.1, 0.15) is 18.7 Å². The first-order valence-corrected chi connectivity index (χ1v) is 5.65. The topological polar surface area (TPSA) is 80.0 Å². The fourth-order valence-electron chi connectivity index (χ4n) is 1.63. The predicted molar refractivity (Wildman–Crippen MR) is 66.7 cm³/mol. The van der Waals surface area contributed by atoms with E-state index in [0.717, 1.165) is 11.4 Å². The van der Waals surface area contributed by atoms with E-state index >= 15 is 0 Å². The Kier molecular flexibility index (Phi) is 3.57. The molecule has 1 heterocycles. The Morgan fingerprint density at radius 3 is 2.78 bits per heavy atom. The molecule has 0 radical (unpaired) electrons. The zero-order valence-electron chi connectivity index (χ0n) is 9.95. The van der Waals surface area contributed by atoms with Gasteiger partial charge in [-0.3, -0.25) is 4.57 Å². The van der Waals surface area contributed by atoms with Crippen molar-refractivity contribution < 1.29 is 9.90 Å². The second kappa shape index (κ2) is 5.31. The molecular formula is C12H14N4O2. The first-order valence-electron chi connectivity index (χ1n) is 5.65. The molecule has 0 saturated carbocycles. The molecule has 0 aliphatic rings. The number of aliphatic carboxylic acids is 1. The third-order valence-electron chi connectivity index (χ3n) is 2.61. The van der Waals surface area contributed by atoms with Crippen molar-refractivity contribution in [3.8, 4) is 5.69 Å². The van der Waals surface area contributed by atoms with Gasteiger partial charge in [-0.25, -0.2) is 4.79 Å². The fourth-order valence-corrected chi connectivity index (χ4v) is 1.63. The maximum atomic E-state index is 11.0. The van der Waals surface area contributed by atoms with Crippen LogP contribution >= 0.6 is 0 Å². The Balaban J connectivity index is 2.20. The van der Waals surface area contributed by atoms with Gasteiger partial charge in [-0.15, -0.1) is 10.2 Å². The molecule has 1 atom stereocenters. The molecule has 0 spiro atoms. The maximum absolute atomic E-state index is 11.0. The van der Waals surface area contributed by atoms with Crippen LogP contribution in [0.5, 0.6) is 0 Å². The minimum absolute atomic E-state index is 0.520. The standard InChI is InChI=1S/C12H14N4O2/c1-2-11(12(17)18)15-9-4-3-5-10(6-9)16-7-13-14-8-16/h3-8,11,15H,2H2,1H3,(H,17,18). The van der Waals surface area contributed by atoms with Crippen molar-refractivity contribution in [1.82, 2.24) is 14.8 Å². The van der Waals surface area contributed by atoms with Crippen molar-refractivity contribution in [1.29, 1.82) is 0 Å². The van der Waals surface area contributed by atoms with Gasteiger partial charge in [-0.2, -0.15) is 0 Å². The second-order valence-corrected chi connectivity index (χ2v) is 3.86. The van der Waals surface area contributed by atoms with Gasteiger partial charge in [0.15, 0.2) is 0 Å². The van der Waals surface area contributed by atoms with E-state index in [4.69, 9.17) is 5.11 Å². The normalized spacial score (nSPS) is 12.1. The lowest BCUT2D eigenvalue weighted by Crippen LogP contribution is -2.28. The number of anilines is 1. The Bertz CT molecular complexity index is 525. The molecule has 0 saturated heterocycles. The molecule has 2 aromatic rings. The van der Waals surface area contributed by atoms with E-state index in [9.17, 15) is 4.79 Å². The van der Waals surface area contributed by atoms with Crippen molar-refractivity contribution in [2.45, 2.75) is 19.4 Å². The molecule has 0 fully saturated rings. The van der Waals surface area contributed by atoms with Crippen molar-refractivity contribution >= 4 is 11.7 Å². The van der Waals surface area contributed by atoms with Gasteiger partial charge in [0.2, 0.25) is 0 Å². The quantitative estimate of drug-likeness (QED) is 0.836. The summed E-state index contributed by atoms with van der Waals surface area (Å²) in [5, 5.41) is 19.4. The van der Waals surface area contributed by atoms with E-state index in [1.165, 1.54) is 0 Å². The van der Waals surface area contributed by atoms with Crippen LogP contribution in [0.4, 0.5) is 5.69 Å². The predicted octanol–water partition coefficient (Wildman–Crippen LogP) is 1.54. The minimum Gasteiger partial charge on any atom is -0.480 e. The minimum atomic E-state index is -0.854. The summed E-state index contributed by atoms with van der Waals surface area (Å²) in [5.74, 6) is -0.854. The lowest BCUT2D eigenvalue weighted by molar-refractivity contribution is -0.137. The van der Waals surface area contributed by atoms with Crippen molar-refractivity contribution in [3.05, 3.63) is 36.9 Å². The van der Waals surface area contributed by atoms with Gasteiger partial charge < -0.3 is 10.4 Å². The zero-order valence-corrected chi connectivity index (χ0v) is 9.95. The lowest BCUT2D eigenvalue weighted by Gasteiger charge is -2.14. The largest absolute Gasteiger partial charge is 0.480 e. The third kappa shape index (κ3) is 2.65. The van der Waals surface area contributed by atoms with Crippen LogP contribution in [-0.2, 0) is 4.79 Å². The highest BCUT2D eigenvalue weighted by Gasteiger charge is 2.14. The second-order valence-electron chi connectivity index (χ2n) is 3.86. The summed E-state index contributed by atoms with van der Waals surface area (Å²) >= 11 is 0. The van der Waals surface area contributed by atoms with Crippen molar-refractivity contribution in [2.75, 3.05) is 5.32 Å². The van der Waals surface area contributed by atoms with Gasteiger partial charge in [0, 0.05) is 5.69 Å². The number of carbonyl (C=O) groups is 1. The molecule has 0 aliphatic heterocycles. The van der Waals surface area contributed by atoms with Gasteiger partial charge in [-0.1, -0.05) is 13.0 Å². The Morgan fingerprint density at radius 1 is 1.44 bits per heavy atom. The van der Waals surface area contributed by atoms with E-state index in [0.29, 0.717) is 6.42 Å². The smallest absolute Gasteiger partial charge is 0.326 e. The summed E-state index contributed by atoms with van der Waals surface area (Å²) in [6, 6.07) is 6.86. The van der Waals surface area contributed by atoms with E-state index in [1.807, 2.05) is 31.2 Å². The molecule has 18 heavy (non-hydrogen) atoms. The van der Waals surface area contributed by atoms with Crippen molar-refractivity contribution in [3.63, 3.8) is 0 Å². The molecule has 0 aliphatic carbocycles. The van der Waals surface area contributed by atoms with Crippen LogP contribution in [0.1, 0.15) is 13.3 Å².